The Morgan fingerprint density at radius 2 is 1.97 bits per heavy atom. The number of aromatic nitrogens is 3. The van der Waals surface area contributed by atoms with E-state index in [0.717, 1.165) is 37.3 Å². The topological polar surface area (TPSA) is 139 Å². The van der Waals surface area contributed by atoms with Crippen LogP contribution in [-0.2, 0) is 18.9 Å². The maximum Gasteiger partial charge on any atom is 0.352 e. The second-order valence-corrected chi connectivity index (χ2v) is 11.6. The van der Waals surface area contributed by atoms with Crippen LogP contribution in [0.15, 0.2) is 12.3 Å². The van der Waals surface area contributed by atoms with Crippen LogP contribution in [0, 0.1) is 5.92 Å². The molecule has 3 aliphatic rings. The van der Waals surface area contributed by atoms with E-state index in [0.29, 0.717) is 17.6 Å². The van der Waals surface area contributed by atoms with Crippen LogP contribution in [0.3, 0.4) is 0 Å². The summed E-state index contributed by atoms with van der Waals surface area (Å²) >= 11 is 6.37. The zero-order chi connectivity index (χ0) is 24.0. The third kappa shape index (κ3) is 5.12. The van der Waals surface area contributed by atoms with E-state index < -0.39 is 32.1 Å². The largest absolute Gasteiger partial charge is 0.387 e. The van der Waals surface area contributed by atoms with Gasteiger partial charge in [0, 0.05) is 25.4 Å². The van der Waals surface area contributed by atoms with Gasteiger partial charge in [0.25, 0.3) is 0 Å². The van der Waals surface area contributed by atoms with Crippen LogP contribution in [-0.4, -0.2) is 73.8 Å². The van der Waals surface area contributed by atoms with Crippen LogP contribution >= 0.6 is 19.2 Å². The van der Waals surface area contributed by atoms with Crippen LogP contribution < -0.4 is 4.90 Å². The Morgan fingerprint density at radius 3 is 2.65 bits per heavy atom. The molecule has 13 heteroatoms. The van der Waals surface area contributed by atoms with E-state index in [1.165, 1.54) is 25.7 Å². The van der Waals surface area contributed by atoms with Gasteiger partial charge in [-0.05, 0) is 49.3 Å². The number of nitrogens with zero attached hydrogens (tertiary/aromatic N) is 4. The minimum absolute atomic E-state index is 0.101. The quantitative estimate of drug-likeness (QED) is 0.197. The summed E-state index contributed by atoms with van der Waals surface area (Å²) in [5.74, 6) is 1.46. The molecule has 0 spiro atoms. The van der Waals surface area contributed by atoms with Gasteiger partial charge in [-0.3, -0.25) is 4.57 Å². The van der Waals surface area contributed by atoms with Gasteiger partial charge in [-0.25, -0.2) is 4.89 Å². The Labute approximate surface area is 202 Å². The highest BCUT2D eigenvalue weighted by Gasteiger charge is 2.45. The molecule has 5 atom stereocenters. The molecule has 34 heavy (non-hydrogen) atoms. The summed E-state index contributed by atoms with van der Waals surface area (Å²) in [6.07, 6.45) is 4.28. The Hall–Kier alpha value is -1.30. The third-order valence-electron chi connectivity index (χ3n) is 6.75. The second-order valence-electron chi connectivity index (χ2n) is 9.52. The van der Waals surface area contributed by atoms with E-state index in [4.69, 9.17) is 21.2 Å². The lowest BCUT2D eigenvalue weighted by molar-refractivity contribution is -0.238. The monoisotopic (exact) mass is 516 g/mol. The molecule has 2 saturated carbocycles. The first kappa shape index (κ1) is 24.4. The maximum atomic E-state index is 11.2. The summed E-state index contributed by atoms with van der Waals surface area (Å²) in [5.41, 5.74) is 0.497. The van der Waals surface area contributed by atoms with Crippen molar-refractivity contribution in [3.63, 3.8) is 0 Å². The number of halogens is 1. The minimum Gasteiger partial charge on any atom is -0.387 e. The fraction of sp³-hybridized carbons (Fsp3) is 0.714. The normalized spacial score (nSPS) is 29.7. The molecular formula is C21H30ClN4O7P. The zero-order valence-electron chi connectivity index (χ0n) is 18.9. The molecule has 3 heterocycles. The van der Waals surface area contributed by atoms with Crippen molar-refractivity contribution in [1.29, 1.82) is 0 Å². The van der Waals surface area contributed by atoms with Gasteiger partial charge in [0.15, 0.2) is 6.23 Å². The highest BCUT2D eigenvalue weighted by Crippen LogP contribution is 2.40. The highest BCUT2D eigenvalue weighted by molar-refractivity contribution is 7.51. The molecule has 0 aromatic carbocycles. The van der Waals surface area contributed by atoms with Crippen molar-refractivity contribution in [3.8, 4) is 0 Å². The number of aliphatic hydroxyl groups excluding tert-OH is 2. The van der Waals surface area contributed by atoms with E-state index in [2.05, 4.69) is 19.5 Å². The molecule has 2 aliphatic carbocycles. The maximum absolute atomic E-state index is 11.2. The minimum atomic E-state index is -3.85. The molecule has 2 aromatic heterocycles. The molecule has 3 fully saturated rings. The van der Waals surface area contributed by atoms with Crippen molar-refractivity contribution in [1.82, 2.24) is 14.5 Å². The van der Waals surface area contributed by atoms with Crippen molar-refractivity contribution >= 4 is 36.0 Å². The Morgan fingerprint density at radius 1 is 1.24 bits per heavy atom. The average Bonchev–Trinajstić information content (AvgIpc) is 3.15. The molecule has 1 unspecified atom stereocenters. The summed E-state index contributed by atoms with van der Waals surface area (Å²) in [6, 6.07) is 2.29. The summed E-state index contributed by atoms with van der Waals surface area (Å²) in [5, 5.41) is 22.0. The number of anilines is 1. The smallest absolute Gasteiger partial charge is 0.352 e. The fourth-order valence-electron chi connectivity index (χ4n) is 4.91. The first-order valence-electron chi connectivity index (χ1n) is 11.6. The van der Waals surface area contributed by atoms with Crippen molar-refractivity contribution in [2.24, 2.45) is 5.92 Å². The van der Waals surface area contributed by atoms with E-state index >= 15 is 0 Å². The van der Waals surface area contributed by atoms with Crippen molar-refractivity contribution in [3.05, 3.63) is 17.5 Å². The van der Waals surface area contributed by atoms with Crippen LogP contribution in [0.1, 0.15) is 44.8 Å². The molecule has 188 valence electrons. The number of ether oxygens (including phenoxy) is 1. The van der Waals surface area contributed by atoms with Gasteiger partial charge in [0.05, 0.1) is 5.39 Å². The zero-order valence-corrected chi connectivity index (χ0v) is 20.5. The fourth-order valence-corrected chi connectivity index (χ4v) is 5.33. The lowest BCUT2D eigenvalue weighted by Gasteiger charge is -2.31. The van der Waals surface area contributed by atoms with Gasteiger partial charge in [0.1, 0.15) is 36.4 Å². The lowest BCUT2D eigenvalue weighted by atomic mass is 10.1. The van der Waals surface area contributed by atoms with E-state index in [1.807, 2.05) is 6.07 Å². The molecule has 0 bridgehead atoms. The molecule has 5 rings (SSSR count). The summed E-state index contributed by atoms with van der Waals surface area (Å²) < 4.78 is 23.1. The van der Waals surface area contributed by atoms with Crippen molar-refractivity contribution < 1.29 is 34.0 Å². The highest BCUT2D eigenvalue weighted by atomic mass is 35.5. The third-order valence-corrected chi connectivity index (χ3v) is 7.30. The van der Waals surface area contributed by atoms with Crippen LogP contribution in [0.25, 0.3) is 11.0 Å². The summed E-state index contributed by atoms with van der Waals surface area (Å²) in [7, 11) is -3.85. The number of rotatable bonds is 9. The van der Waals surface area contributed by atoms with E-state index in [-0.39, 0.29) is 11.9 Å². The molecule has 2 aromatic rings. The molecule has 0 amide bonds. The second kappa shape index (κ2) is 9.63. The van der Waals surface area contributed by atoms with Gasteiger partial charge in [-0.2, -0.15) is 9.97 Å². The number of hydrogen-bond acceptors (Lipinski definition) is 9. The Balaban J connectivity index is 1.42. The van der Waals surface area contributed by atoms with Crippen LogP contribution in [0.5, 0.6) is 0 Å². The average molecular weight is 517 g/mol. The van der Waals surface area contributed by atoms with Gasteiger partial charge in [0.2, 0.25) is 5.28 Å². The first-order chi connectivity index (χ1) is 16.2. The molecule has 1 aliphatic heterocycles. The van der Waals surface area contributed by atoms with Gasteiger partial charge in [-0.15, -0.1) is 4.67 Å². The van der Waals surface area contributed by atoms with E-state index in [1.54, 1.807) is 10.8 Å². The van der Waals surface area contributed by atoms with E-state index in [9.17, 15) is 19.7 Å². The number of fused-ring (bicyclic) bond motifs is 1. The van der Waals surface area contributed by atoms with Gasteiger partial charge < -0.3 is 29.3 Å². The Kier molecular flexibility index (Phi) is 6.91. The number of hydrogen-bond donors (Lipinski definition) is 3. The predicted molar refractivity (Wildman–Crippen MR) is 124 cm³/mol. The van der Waals surface area contributed by atoms with Crippen molar-refractivity contribution in [2.75, 3.05) is 24.7 Å². The number of aliphatic hydroxyl groups is 2. The summed E-state index contributed by atoms with van der Waals surface area (Å²) in [6.45, 7) is 1.57. The standard InChI is InChI=1S/C21H30ClN4O7P/c1-34(29,30)33-31-11-15-16(27)17(28)20(32-15)25-9-8-14-18(25)23-21(22)24-19(14)26(10-12-6-7-12)13-4-2-3-5-13/h8-9,12-13,15-17,20,27-28H,2-7,10-11H2,1H3,(H,29,30)/t15-,16-,17-,20-/m1/s1. The summed E-state index contributed by atoms with van der Waals surface area (Å²) in [4.78, 5) is 25.3. The lowest BCUT2D eigenvalue weighted by Crippen LogP contribution is -2.36. The van der Waals surface area contributed by atoms with Gasteiger partial charge in [-0.1, -0.05) is 12.8 Å². The van der Waals surface area contributed by atoms with Gasteiger partial charge >= 0.3 is 7.60 Å². The molecule has 1 saturated heterocycles. The Bertz CT molecular complexity index is 1070. The molecule has 3 N–H and O–H groups in total. The van der Waals surface area contributed by atoms with Crippen LogP contribution in [0.4, 0.5) is 5.82 Å². The van der Waals surface area contributed by atoms with Crippen LogP contribution in [0.2, 0.25) is 5.28 Å². The molecule has 11 nitrogen and oxygen atoms in total. The molecule has 0 radical (unpaired) electrons. The molecular weight excluding hydrogens is 487 g/mol. The predicted octanol–water partition coefficient (Wildman–Crippen LogP) is 2.63. The first-order valence-corrected chi connectivity index (χ1v) is 14.1. The van der Waals surface area contributed by atoms with Crippen molar-refractivity contribution in [2.45, 2.75) is 69.1 Å². The SMILES string of the molecule is CP(=O)(O)OOC[C@H]1O[C@@H](n2ccc3c(N(CC4CC4)C4CCCC4)nc(Cl)nc32)[C@H](O)[C@@H]1O.